The Morgan fingerprint density at radius 2 is 1.78 bits per heavy atom. The summed E-state index contributed by atoms with van der Waals surface area (Å²) in [5.41, 5.74) is 2.58. The van der Waals surface area contributed by atoms with Crippen molar-refractivity contribution in [1.29, 1.82) is 0 Å². The predicted molar refractivity (Wildman–Crippen MR) is 139 cm³/mol. The molecule has 0 atom stereocenters. The Labute approximate surface area is 219 Å². The summed E-state index contributed by atoms with van der Waals surface area (Å²) in [7, 11) is 0. The van der Waals surface area contributed by atoms with Crippen LogP contribution in [0.4, 0.5) is 10.5 Å². The number of benzene rings is 2. The van der Waals surface area contributed by atoms with E-state index in [1.165, 1.54) is 11.3 Å². The Morgan fingerprint density at radius 1 is 1.03 bits per heavy atom. The van der Waals surface area contributed by atoms with Crippen molar-refractivity contribution in [2.24, 2.45) is 4.99 Å². The van der Waals surface area contributed by atoms with E-state index in [1.807, 2.05) is 28.8 Å². The minimum atomic E-state index is -0.940. The first-order valence-corrected chi connectivity index (χ1v) is 12.3. The summed E-state index contributed by atoms with van der Waals surface area (Å²) >= 11 is 13.9. The van der Waals surface area contributed by atoms with Crippen LogP contribution in [-0.2, 0) is 24.3 Å². The lowest BCUT2D eigenvalue weighted by Crippen LogP contribution is -2.29. The van der Waals surface area contributed by atoms with Crippen molar-refractivity contribution in [3.05, 3.63) is 92.3 Å². The van der Waals surface area contributed by atoms with E-state index in [1.54, 1.807) is 30.3 Å². The molecule has 3 N–H and O–H groups in total. The van der Waals surface area contributed by atoms with E-state index in [2.05, 4.69) is 20.8 Å². The zero-order valence-electron chi connectivity index (χ0n) is 18.5. The highest BCUT2D eigenvalue weighted by Gasteiger charge is 2.27. The first-order valence-electron chi connectivity index (χ1n) is 10.8. The lowest BCUT2D eigenvalue weighted by Gasteiger charge is -2.11. The summed E-state index contributed by atoms with van der Waals surface area (Å²) in [5, 5.41) is 25.1. The van der Waals surface area contributed by atoms with Crippen molar-refractivity contribution in [3.8, 4) is 5.00 Å². The van der Waals surface area contributed by atoms with Crippen molar-refractivity contribution < 1.29 is 14.7 Å². The summed E-state index contributed by atoms with van der Waals surface area (Å²) in [6.07, 6.45) is -0.140. The summed E-state index contributed by atoms with van der Waals surface area (Å²) in [4.78, 5) is 29.3. The molecule has 0 radical (unpaired) electrons. The molecule has 2 amide bonds. The number of carbonyl (C=O) groups excluding carboxylic acids is 1. The summed E-state index contributed by atoms with van der Waals surface area (Å²) < 4.78 is 1.81. The molecule has 9 nitrogen and oxygen atoms in total. The molecular formula is C24H18Cl2N6O3S. The quantitative estimate of drug-likeness (QED) is 0.320. The fourth-order valence-corrected chi connectivity index (χ4v) is 5.41. The number of aliphatic carboxylic acids is 1. The Bertz CT molecular complexity index is 1510. The number of para-hydroxylation sites is 1. The maximum Gasteiger partial charge on any atom is 0.319 e. The van der Waals surface area contributed by atoms with Gasteiger partial charge in [0.2, 0.25) is 0 Å². The number of hydrogen-bond acceptors (Lipinski definition) is 6. The van der Waals surface area contributed by atoms with Gasteiger partial charge in [0.15, 0.2) is 11.6 Å². The average molecular weight is 541 g/mol. The van der Waals surface area contributed by atoms with Crippen LogP contribution in [0.25, 0.3) is 5.00 Å². The van der Waals surface area contributed by atoms with Crippen LogP contribution in [0, 0.1) is 0 Å². The van der Waals surface area contributed by atoms with E-state index >= 15 is 0 Å². The molecule has 12 heteroatoms. The Morgan fingerprint density at radius 3 is 2.53 bits per heavy atom. The smallest absolute Gasteiger partial charge is 0.319 e. The second-order valence-electron chi connectivity index (χ2n) is 7.80. The fraction of sp³-hybridized carbons (Fsp3) is 0.125. The highest BCUT2D eigenvalue weighted by atomic mass is 35.5. The van der Waals surface area contributed by atoms with Gasteiger partial charge in [-0.2, -0.15) is 0 Å². The van der Waals surface area contributed by atoms with E-state index in [9.17, 15) is 14.7 Å². The zero-order chi connectivity index (χ0) is 25.2. The Kier molecular flexibility index (Phi) is 6.73. The number of urea groups is 1. The number of halogens is 2. The van der Waals surface area contributed by atoms with Crippen molar-refractivity contribution in [3.63, 3.8) is 0 Å². The summed E-state index contributed by atoms with van der Waals surface area (Å²) in [5.74, 6) is 0.0926. The molecule has 1 aliphatic rings. The minimum absolute atomic E-state index is 0.0658. The molecule has 2 aromatic carbocycles. The minimum Gasteiger partial charge on any atom is -0.481 e. The SMILES string of the molecule is O=C(O)Cc1cc2c(s1)-n1c(nnc1CNC(=O)Nc1ccccc1Cl)CN=C2c1ccccc1Cl. The van der Waals surface area contributed by atoms with Crippen LogP contribution in [0.1, 0.15) is 27.7 Å². The molecule has 182 valence electrons. The number of carboxylic acids is 1. The van der Waals surface area contributed by atoms with Crippen molar-refractivity contribution in [2.75, 3.05) is 5.32 Å². The molecule has 0 unspecified atom stereocenters. The van der Waals surface area contributed by atoms with Gasteiger partial charge >= 0.3 is 12.0 Å². The molecule has 3 heterocycles. The number of amides is 2. The standard InChI is InChI=1S/C24H18Cl2N6O3S/c25-16-6-2-1-5-14(16)22-15-9-13(10-21(33)34)36-23(15)32-19(11-27-22)30-31-20(32)12-28-24(35)29-18-8-4-3-7-17(18)26/h1-9H,10-12H2,(H,33,34)(H2,28,29,35). The van der Waals surface area contributed by atoms with E-state index in [4.69, 9.17) is 28.2 Å². The topological polar surface area (TPSA) is 121 Å². The molecule has 5 rings (SSSR count). The van der Waals surface area contributed by atoms with Gasteiger partial charge in [0.05, 0.1) is 29.4 Å². The van der Waals surface area contributed by atoms with Gasteiger partial charge in [-0.05, 0) is 24.3 Å². The molecule has 0 fully saturated rings. The van der Waals surface area contributed by atoms with Crippen LogP contribution in [0.3, 0.4) is 0 Å². The Balaban J connectivity index is 1.48. The lowest BCUT2D eigenvalue weighted by molar-refractivity contribution is -0.136. The van der Waals surface area contributed by atoms with Gasteiger partial charge in [0.25, 0.3) is 0 Å². The number of carboxylic acid groups (broad SMARTS) is 1. The normalized spacial score (nSPS) is 12.2. The van der Waals surface area contributed by atoms with Gasteiger partial charge in [-0.1, -0.05) is 53.5 Å². The summed E-state index contributed by atoms with van der Waals surface area (Å²) in [6.45, 7) is 0.297. The number of aliphatic imine (C=N–C) groups is 1. The molecule has 36 heavy (non-hydrogen) atoms. The van der Waals surface area contributed by atoms with Crippen molar-refractivity contribution in [1.82, 2.24) is 20.1 Å². The average Bonchev–Trinajstić information content (AvgIpc) is 3.40. The van der Waals surface area contributed by atoms with Crippen LogP contribution in [0.15, 0.2) is 59.6 Å². The molecule has 0 aliphatic carbocycles. The monoisotopic (exact) mass is 540 g/mol. The van der Waals surface area contributed by atoms with Crippen LogP contribution in [0.2, 0.25) is 10.0 Å². The number of aromatic nitrogens is 3. The second kappa shape index (κ2) is 10.1. The molecule has 2 aromatic heterocycles. The van der Waals surface area contributed by atoms with E-state index in [0.29, 0.717) is 43.0 Å². The molecule has 0 bridgehead atoms. The van der Waals surface area contributed by atoms with E-state index in [-0.39, 0.29) is 19.5 Å². The van der Waals surface area contributed by atoms with Gasteiger partial charge in [-0.3, -0.25) is 14.4 Å². The molecule has 1 aliphatic heterocycles. The number of carbonyl (C=O) groups is 2. The summed E-state index contributed by atoms with van der Waals surface area (Å²) in [6, 6.07) is 15.6. The van der Waals surface area contributed by atoms with Crippen LogP contribution < -0.4 is 10.6 Å². The van der Waals surface area contributed by atoms with Gasteiger partial charge in [0, 0.05) is 21.0 Å². The predicted octanol–water partition coefficient (Wildman–Crippen LogP) is 4.94. The van der Waals surface area contributed by atoms with Crippen molar-refractivity contribution in [2.45, 2.75) is 19.5 Å². The van der Waals surface area contributed by atoms with Gasteiger partial charge in [-0.15, -0.1) is 21.5 Å². The van der Waals surface area contributed by atoms with Gasteiger partial charge in [-0.25, -0.2) is 4.79 Å². The lowest BCUT2D eigenvalue weighted by atomic mass is 10.0. The first-order chi connectivity index (χ1) is 17.4. The Hall–Kier alpha value is -3.73. The van der Waals surface area contributed by atoms with Crippen LogP contribution >= 0.6 is 34.5 Å². The number of nitrogens with zero attached hydrogens (tertiary/aromatic N) is 4. The highest BCUT2D eigenvalue weighted by Crippen LogP contribution is 2.34. The number of hydrogen-bond donors (Lipinski definition) is 3. The number of rotatable bonds is 6. The fourth-order valence-electron chi connectivity index (χ4n) is 3.82. The van der Waals surface area contributed by atoms with E-state index < -0.39 is 12.0 Å². The third kappa shape index (κ3) is 4.83. The molecule has 4 aromatic rings. The molecule has 0 saturated heterocycles. The number of anilines is 1. The zero-order valence-corrected chi connectivity index (χ0v) is 20.9. The number of nitrogens with one attached hydrogen (secondary N) is 2. The molecule has 0 spiro atoms. The molecular weight excluding hydrogens is 523 g/mol. The van der Waals surface area contributed by atoms with Crippen LogP contribution in [0.5, 0.6) is 0 Å². The maximum atomic E-state index is 12.5. The number of thiophene rings is 1. The second-order valence-corrected chi connectivity index (χ2v) is 9.73. The maximum absolute atomic E-state index is 12.5. The number of fused-ring (bicyclic) bond motifs is 3. The third-order valence-electron chi connectivity index (χ3n) is 5.38. The van der Waals surface area contributed by atoms with Crippen molar-refractivity contribution >= 4 is 57.9 Å². The van der Waals surface area contributed by atoms with Gasteiger partial charge in [0.1, 0.15) is 11.5 Å². The molecule has 0 saturated carbocycles. The van der Waals surface area contributed by atoms with E-state index in [0.717, 1.165) is 11.1 Å². The third-order valence-corrected chi connectivity index (χ3v) is 7.16. The van der Waals surface area contributed by atoms with Crippen LogP contribution in [-0.4, -0.2) is 37.6 Å². The van der Waals surface area contributed by atoms with Gasteiger partial charge < -0.3 is 15.7 Å². The highest BCUT2D eigenvalue weighted by molar-refractivity contribution is 7.15. The first kappa shape index (κ1) is 24.0. The largest absolute Gasteiger partial charge is 0.481 e.